The summed E-state index contributed by atoms with van der Waals surface area (Å²) in [4.78, 5) is -0.957. The molecule has 0 amide bonds. The number of hydrogen-bond acceptors (Lipinski definition) is 5. The molecular formula is C11H16FNO5S2. The maximum atomic E-state index is 13.6. The van der Waals surface area contributed by atoms with Crippen LogP contribution in [0.15, 0.2) is 28.0 Å². The second-order valence-corrected chi connectivity index (χ2v) is 7.71. The van der Waals surface area contributed by atoms with Crippen LogP contribution in [0.25, 0.3) is 0 Å². The third-order valence-electron chi connectivity index (χ3n) is 2.36. The van der Waals surface area contributed by atoms with E-state index in [1.165, 1.54) is 0 Å². The monoisotopic (exact) mass is 325 g/mol. The lowest BCUT2D eigenvalue weighted by atomic mass is 10.3. The quantitative estimate of drug-likeness (QED) is 0.584. The van der Waals surface area contributed by atoms with Crippen molar-refractivity contribution in [3.05, 3.63) is 24.0 Å². The molecule has 6 nitrogen and oxygen atoms in total. The normalized spacial score (nSPS) is 12.6. The number of halogens is 1. The highest BCUT2D eigenvalue weighted by atomic mass is 32.2. The van der Waals surface area contributed by atoms with E-state index in [4.69, 9.17) is 4.74 Å². The molecule has 0 spiro atoms. The Morgan fingerprint density at radius 3 is 2.45 bits per heavy atom. The van der Waals surface area contributed by atoms with Gasteiger partial charge < -0.3 is 4.74 Å². The first kappa shape index (κ1) is 17.0. The smallest absolute Gasteiger partial charge is 0.243 e. The Hall–Kier alpha value is -1.03. The van der Waals surface area contributed by atoms with Crippen molar-refractivity contribution in [1.82, 2.24) is 4.72 Å². The highest BCUT2D eigenvalue weighted by Crippen LogP contribution is 2.19. The molecular weight excluding hydrogens is 309 g/mol. The Balaban J connectivity index is 3.05. The van der Waals surface area contributed by atoms with E-state index in [0.29, 0.717) is 6.61 Å². The molecule has 0 saturated carbocycles. The number of rotatable bonds is 7. The van der Waals surface area contributed by atoms with Crippen LogP contribution in [0.4, 0.5) is 4.39 Å². The minimum Gasteiger partial charge on any atom is -0.380 e. The van der Waals surface area contributed by atoms with E-state index in [9.17, 15) is 21.2 Å². The van der Waals surface area contributed by atoms with E-state index in [1.54, 1.807) is 6.92 Å². The van der Waals surface area contributed by atoms with E-state index >= 15 is 0 Å². The predicted molar refractivity (Wildman–Crippen MR) is 71.2 cm³/mol. The average molecular weight is 325 g/mol. The second-order valence-electron chi connectivity index (χ2n) is 3.96. The van der Waals surface area contributed by atoms with Gasteiger partial charge in [0.2, 0.25) is 10.0 Å². The van der Waals surface area contributed by atoms with Gasteiger partial charge in [0, 0.05) is 19.4 Å². The number of ether oxygens (including phenoxy) is 1. The number of sulfone groups is 1. The highest BCUT2D eigenvalue weighted by Gasteiger charge is 2.21. The molecule has 1 aromatic rings. The van der Waals surface area contributed by atoms with Crippen molar-refractivity contribution in [2.24, 2.45) is 0 Å². The molecule has 1 N–H and O–H groups in total. The van der Waals surface area contributed by atoms with Crippen molar-refractivity contribution < 1.29 is 26.0 Å². The van der Waals surface area contributed by atoms with Gasteiger partial charge in [0.25, 0.3) is 0 Å². The van der Waals surface area contributed by atoms with E-state index in [1.807, 2.05) is 0 Å². The molecule has 1 rings (SSSR count). The lowest BCUT2D eigenvalue weighted by molar-refractivity contribution is 0.153. The molecule has 114 valence electrons. The van der Waals surface area contributed by atoms with E-state index in [-0.39, 0.29) is 18.0 Å². The van der Waals surface area contributed by atoms with Gasteiger partial charge in [-0.2, -0.15) is 0 Å². The number of benzene rings is 1. The van der Waals surface area contributed by atoms with Crippen LogP contribution in [0.3, 0.4) is 0 Å². The molecule has 0 unspecified atom stereocenters. The Morgan fingerprint density at radius 1 is 1.25 bits per heavy atom. The molecule has 0 aliphatic rings. The van der Waals surface area contributed by atoms with Gasteiger partial charge in [0.1, 0.15) is 10.7 Å². The summed E-state index contributed by atoms with van der Waals surface area (Å²) in [6, 6.07) is 2.63. The van der Waals surface area contributed by atoms with Gasteiger partial charge in [-0.3, -0.25) is 0 Å². The van der Waals surface area contributed by atoms with Crippen LogP contribution < -0.4 is 4.72 Å². The summed E-state index contributed by atoms with van der Waals surface area (Å²) in [5, 5.41) is 0. The molecule has 0 aliphatic carbocycles. The average Bonchev–Trinajstić information content (AvgIpc) is 2.33. The summed E-state index contributed by atoms with van der Waals surface area (Å²) >= 11 is 0. The van der Waals surface area contributed by atoms with Crippen molar-refractivity contribution in [3.63, 3.8) is 0 Å². The summed E-state index contributed by atoms with van der Waals surface area (Å²) in [5.41, 5.74) is 0. The number of nitrogens with one attached hydrogen (secondary N) is 1. The van der Waals surface area contributed by atoms with E-state index in [0.717, 1.165) is 24.5 Å². The second kappa shape index (κ2) is 6.61. The van der Waals surface area contributed by atoms with Gasteiger partial charge in [0.15, 0.2) is 9.84 Å². The van der Waals surface area contributed by atoms with Crippen LogP contribution in [0.2, 0.25) is 0 Å². The van der Waals surface area contributed by atoms with Crippen LogP contribution in [-0.2, 0) is 24.6 Å². The predicted octanol–water partition coefficient (Wildman–Crippen LogP) is 0.544. The zero-order chi connectivity index (χ0) is 15.4. The lowest BCUT2D eigenvalue weighted by Gasteiger charge is -2.09. The highest BCUT2D eigenvalue weighted by molar-refractivity contribution is 7.91. The summed E-state index contributed by atoms with van der Waals surface area (Å²) in [5.74, 6) is -1.01. The summed E-state index contributed by atoms with van der Waals surface area (Å²) in [7, 11) is -7.74. The van der Waals surface area contributed by atoms with Crippen molar-refractivity contribution in [3.8, 4) is 0 Å². The molecule has 1 aromatic carbocycles. The first-order valence-corrected chi connectivity index (χ1v) is 9.13. The lowest BCUT2D eigenvalue weighted by Crippen LogP contribution is -2.28. The van der Waals surface area contributed by atoms with E-state index < -0.39 is 30.6 Å². The topological polar surface area (TPSA) is 89.5 Å². The van der Waals surface area contributed by atoms with Crippen LogP contribution in [0, 0.1) is 5.82 Å². The van der Waals surface area contributed by atoms with Crippen LogP contribution in [-0.4, -0.2) is 42.8 Å². The fraction of sp³-hybridized carbons (Fsp3) is 0.455. The van der Waals surface area contributed by atoms with Crippen molar-refractivity contribution in [2.75, 3.05) is 26.0 Å². The Morgan fingerprint density at radius 2 is 1.90 bits per heavy atom. The van der Waals surface area contributed by atoms with Gasteiger partial charge in [-0.25, -0.2) is 25.9 Å². The fourth-order valence-corrected chi connectivity index (χ4v) is 3.23. The molecule has 0 aliphatic heterocycles. The van der Waals surface area contributed by atoms with Gasteiger partial charge in [-0.1, -0.05) is 0 Å². The minimum absolute atomic E-state index is 0.0291. The molecule has 0 atom stereocenters. The molecule has 0 fully saturated rings. The standard InChI is InChI=1S/C11H16FNO5S2/c1-3-18-7-6-13-20(16,17)11-8-9(19(2,14)15)4-5-10(11)12/h4-5,8,13H,3,6-7H2,1-2H3. The zero-order valence-electron chi connectivity index (χ0n) is 11.1. The maximum Gasteiger partial charge on any atom is 0.243 e. The maximum absolute atomic E-state index is 13.6. The van der Waals surface area contributed by atoms with Crippen LogP contribution in [0.5, 0.6) is 0 Å². The number of hydrogen-bond donors (Lipinski definition) is 1. The molecule has 0 bridgehead atoms. The van der Waals surface area contributed by atoms with E-state index in [2.05, 4.69) is 4.72 Å². The third kappa shape index (κ3) is 4.51. The molecule has 20 heavy (non-hydrogen) atoms. The first-order chi connectivity index (χ1) is 9.18. The first-order valence-electron chi connectivity index (χ1n) is 5.75. The van der Waals surface area contributed by atoms with Crippen molar-refractivity contribution in [1.29, 1.82) is 0 Å². The Bertz CT molecular complexity index is 670. The fourth-order valence-electron chi connectivity index (χ4n) is 1.39. The summed E-state index contributed by atoms with van der Waals surface area (Å²) in [6.45, 7) is 2.30. The summed E-state index contributed by atoms with van der Waals surface area (Å²) in [6.07, 6.45) is 0.916. The Kier molecular flexibility index (Phi) is 5.63. The van der Waals surface area contributed by atoms with Gasteiger partial charge >= 0.3 is 0 Å². The SMILES string of the molecule is CCOCCNS(=O)(=O)c1cc(S(C)(=O)=O)ccc1F. The summed E-state index contributed by atoms with van der Waals surface area (Å²) < 4.78 is 67.2. The van der Waals surface area contributed by atoms with Crippen molar-refractivity contribution in [2.45, 2.75) is 16.7 Å². The van der Waals surface area contributed by atoms with Crippen LogP contribution >= 0.6 is 0 Å². The van der Waals surface area contributed by atoms with Gasteiger partial charge in [-0.15, -0.1) is 0 Å². The molecule has 0 radical (unpaired) electrons. The molecule has 9 heteroatoms. The minimum atomic E-state index is -4.12. The van der Waals surface area contributed by atoms with Crippen LogP contribution in [0.1, 0.15) is 6.92 Å². The van der Waals surface area contributed by atoms with Gasteiger partial charge in [-0.05, 0) is 25.1 Å². The molecule has 0 aromatic heterocycles. The third-order valence-corrected chi connectivity index (χ3v) is 4.95. The largest absolute Gasteiger partial charge is 0.380 e. The van der Waals surface area contributed by atoms with Crippen molar-refractivity contribution >= 4 is 19.9 Å². The molecule has 0 saturated heterocycles. The Labute approximate surface area is 117 Å². The molecule has 0 heterocycles. The van der Waals surface area contributed by atoms with Gasteiger partial charge in [0.05, 0.1) is 11.5 Å². The number of sulfonamides is 1. The zero-order valence-corrected chi connectivity index (χ0v) is 12.7.